The van der Waals surface area contributed by atoms with Crippen molar-refractivity contribution in [1.82, 2.24) is 24.5 Å². The van der Waals surface area contributed by atoms with Gasteiger partial charge in [-0.1, -0.05) is 24.8 Å². The van der Waals surface area contributed by atoms with Gasteiger partial charge in [0.1, 0.15) is 5.82 Å². The van der Waals surface area contributed by atoms with E-state index in [0.717, 1.165) is 11.1 Å². The van der Waals surface area contributed by atoms with Crippen molar-refractivity contribution >= 4 is 23.1 Å². The maximum atomic E-state index is 14.1. The zero-order chi connectivity index (χ0) is 24.7. The number of carbonyl (C=O) groups excluding carboxylic acids is 1. The van der Waals surface area contributed by atoms with E-state index >= 15 is 0 Å². The van der Waals surface area contributed by atoms with Crippen molar-refractivity contribution in [1.29, 1.82) is 0 Å². The summed E-state index contributed by atoms with van der Waals surface area (Å²) in [7, 11) is 0. The Labute approximate surface area is 200 Å². The zero-order valence-corrected chi connectivity index (χ0v) is 18.9. The number of aromatic nitrogens is 4. The summed E-state index contributed by atoms with van der Waals surface area (Å²) in [6.45, 7) is 4.20. The number of aliphatic hydroxyl groups is 1. The maximum Gasteiger partial charge on any atom is 0.288 e. The van der Waals surface area contributed by atoms with Crippen molar-refractivity contribution in [2.24, 2.45) is 0 Å². The molecule has 9 nitrogen and oxygen atoms in total. The summed E-state index contributed by atoms with van der Waals surface area (Å²) >= 11 is 0. The van der Waals surface area contributed by atoms with Gasteiger partial charge in [-0.15, -0.1) is 0 Å². The van der Waals surface area contributed by atoms with Crippen LogP contribution in [0.25, 0.3) is 28.0 Å². The highest BCUT2D eigenvalue weighted by Crippen LogP contribution is 2.36. The Kier molecular flexibility index (Phi) is 5.56. The maximum absolute atomic E-state index is 14.1. The molecule has 4 aromatic rings. The van der Waals surface area contributed by atoms with Crippen LogP contribution < -0.4 is 11.5 Å². The number of aliphatic hydroxyl groups excluding tert-OH is 1. The molecular formula is C25H24FN7O2. The summed E-state index contributed by atoms with van der Waals surface area (Å²) < 4.78 is 15.6. The second-order valence-corrected chi connectivity index (χ2v) is 8.51. The van der Waals surface area contributed by atoms with Gasteiger partial charge in [-0.25, -0.2) is 9.37 Å². The first-order valence-corrected chi connectivity index (χ1v) is 11.2. The summed E-state index contributed by atoms with van der Waals surface area (Å²) in [5.74, 6) is -1.000. The van der Waals surface area contributed by atoms with Gasteiger partial charge in [-0.2, -0.15) is 9.61 Å². The lowest BCUT2D eigenvalue weighted by Crippen LogP contribution is -2.38. The number of rotatable bonds is 4. The fraction of sp³-hybridized carbons (Fsp3) is 0.200. The predicted molar refractivity (Wildman–Crippen MR) is 131 cm³/mol. The number of nitrogens with zero attached hydrogens (tertiary/aromatic N) is 5. The molecule has 178 valence electrons. The number of carbonyl (C=O) groups is 1. The Balaban J connectivity index is 1.47. The normalized spacial score (nSPS) is 14.4. The van der Waals surface area contributed by atoms with Crippen LogP contribution in [0.1, 0.15) is 24.5 Å². The number of piperidine rings is 1. The van der Waals surface area contributed by atoms with Crippen LogP contribution in [0.4, 0.5) is 15.9 Å². The molecule has 4 heterocycles. The molecule has 0 saturated carbocycles. The molecule has 0 bridgehead atoms. The Morgan fingerprint density at radius 2 is 1.83 bits per heavy atom. The number of likely N-dealkylation sites (tertiary alicyclic amines) is 1. The molecule has 1 fully saturated rings. The van der Waals surface area contributed by atoms with E-state index in [1.54, 1.807) is 41.6 Å². The Morgan fingerprint density at radius 1 is 1.09 bits per heavy atom. The number of amides is 1. The number of benzene rings is 1. The van der Waals surface area contributed by atoms with Gasteiger partial charge >= 0.3 is 0 Å². The molecule has 0 unspecified atom stereocenters. The summed E-state index contributed by atoms with van der Waals surface area (Å²) in [5.41, 5.74) is 16.6. The molecule has 35 heavy (non-hydrogen) atoms. The highest BCUT2D eigenvalue weighted by Gasteiger charge is 2.29. The predicted octanol–water partition coefficient (Wildman–Crippen LogP) is 3.54. The Morgan fingerprint density at radius 3 is 2.49 bits per heavy atom. The third-order valence-corrected chi connectivity index (χ3v) is 6.39. The van der Waals surface area contributed by atoms with Crippen LogP contribution in [-0.4, -0.2) is 48.6 Å². The van der Waals surface area contributed by atoms with Crippen LogP contribution in [0.2, 0.25) is 0 Å². The average Bonchev–Trinajstić information content (AvgIpc) is 3.30. The Hall–Kier alpha value is -4.47. The molecule has 5 N–H and O–H groups in total. The quantitative estimate of drug-likeness (QED) is 0.305. The van der Waals surface area contributed by atoms with Gasteiger partial charge in [0.25, 0.3) is 5.91 Å². The molecular weight excluding hydrogens is 449 g/mol. The van der Waals surface area contributed by atoms with Gasteiger partial charge in [-0.3, -0.25) is 9.78 Å². The van der Waals surface area contributed by atoms with Gasteiger partial charge < -0.3 is 21.5 Å². The minimum absolute atomic E-state index is 0.0115. The summed E-state index contributed by atoms with van der Waals surface area (Å²) in [6.07, 6.45) is 4.54. The topological polar surface area (TPSA) is 136 Å². The van der Waals surface area contributed by atoms with Gasteiger partial charge in [-0.05, 0) is 31.0 Å². The third-order valence-electron chi connectivity index (χ3n) is 6.39. The highest BCUT2D eigenvalue weighted by atomic mass is 19.1. The van der Waals surface area contributed by atoms with Crippen molar-refractivity contribution in [3.05, 3.63) is 72.6 Å². The summed E-state index contributed by atoms with van der Waals surface area (Å²) in [6, 6.07) is 10.1. The van der Waals surface area contributed by atoms with Crippen molar-refractivity contribution < 1.29 is 14.3 Å². The minimum Gasteiger partial charge on any atom is -0.503 e. The number of nitrogen functional groups attached to an aromatic ring is 2. The van der Waals surface area contributed by atoms with E-state index in [9.17, 15) is 14.3 Å². The largest absolute Gasteiger partial charge is 0.503 e. The molecule has 1 saturated heterocycles. The second kappa shape index (κ2) is 8.71. The number of halogens is 1. The van der Waals surface area contributed by atoms with Crippen LogP contribution in [0, 0.1) is 5.82 Å². The molecule has 0 aliphatic carbocycles. The van der Waals surface area contributed by atoms with Gasteiger partial charge in [0.15, 0.2) is 17.2 Å². The Bertz CT molecular complexity index is 1440. The molecule has 3 aromatic heterocycles. The fourth-order valence-electron chi connectivity index (χ4n) is 4.48. The van der Waals surface area contributed by atoms with E-state index in [-0.39, 0.29) is 17.6 Å². The zero-order valence-electron chi connectivity index (χ0n) is 18.9. The van der Waals surface area contributed by atoms with Crippen LogP contribution >= 0.6 is 0 Å². The molecule has 10 heteroatoms. The lowest BCUT2D eigenvalue weighted by Gasteiger charge is -2.32. The standard InChI is InChI=1S/C25H24FN7O2/c1-14(34)25(35)32-10-8-15(9-11-32)22-21(27)23(28)33-24(31-22)18(13-30-33)16-6-7-20(29-12-16)17-4-2-3-5-19(17)26/h2-7,12-13,15,34H,1,8-11,27-28H2. The van der Waals surface area contributed by atoms with Gasteiger partial charge in [0, 0.05) is 41.9 Å². The lowest BCUT2D eigenvalue weighted by molar-refractivity contribution is -0.130. The van der Waals surface area contributed by atoms with E-state index in [1.165, 1.54) is 10.6 Å². The van der Waals surface area contributed by atoms with Gasteiger partial charge in [0.05, 0.1) is 23.3 Å². The molecule has 1 aliphatic heterocycles. The monoisotopic (exact) mass is 473 g/mol. The van der Waals surface area contributed by atoms with E-state index in [0.29, 0.717) is 54.2 Å². The highest BCUT2D eigenvalue weighted by molar-refractivity contribution is 5.90. The van der Waals surface area contributed by atoms with Crippen molar-refractivity contribution in [2.75, 3.05) is 24.6 Å². The fourth-order valence-corrected chi connectivity index (χ4v) is 4.48. The molecule has 1 aromatic carbocycles. The van der Waals surface area contributed by atoms with E-state index in [2.05, 4.69) is 16.7 Å². The van der Waals surface area contributed by atoms with Crippen LogP contribution in [0.3, 0.4) is 0 Å². The molecule has 5 rings (SSSR count). The molecule has 0 atom stereocenters. The summed E-state index contributed by atoms with van der Waals surface area (Å²) in [5, 5.41) is 13.8. The smallest absolute Gasteiger partial charge is 0.288 e. The SMILES string of the molecule is C=C(O)C(=O)N1CCC(c2nc3c(-c4ccc(-c5ccccc5F)nc4)cnn3c(N)c2N)CC1. The van der Waals surface area contributed by atoms with Crippen LogP contribution in [0.5, 0.6) is 0 Å². The van der Waals surface area contributed by atoms with Gasteiger partial charge in [0.2, 0.25) is 0 Å². The van der Waals surface area contributed by atoms with E-state index in [4.69, 9.17) is 16.5 Å². The minimum atomic E-state index is -0.469. The van der Waals surface area contributed by atoms with Crippen LogP contribution in [-0.2, 0) is 4.79 Å². The van der Waals surface area contributed by atoms with Crippen LogP contribution in [0.15, 0.2) is 61.1 Å². The lowest BCUT2D eigenvalue weighted by atomic mass is 9.92. The van der Waals surface area contributed by atoms with Crippen molar-refractivity contribution in [3.63, 3.8) is 0 Å². The second-order valence-electron chi connectivity index (χ2n) is 8.51. The van der Waals surface area contributed by atoms with Crippen molar-refractivity contribution in [2.45, 2.75) is 18.8 Å². The van der Waals surface area contributed by atoms with E-state index in [1.807, 2.05) is 6.07 Å². The number of fused-ring (bicyclic) bond motifs is 1. The first-order valence-electron chi connectivity index (χ1n) is 11.2. The molecule has 0 radical (unpaired) electrons. The third kappa shape index (κ3) is 3.92. The number of anilines is 2. The molecule has 0 spiro atoms. The number of nitrogens with two attached hydrogens (primary N) is 2. The first-order chi connectivity index (χ1) is 16.8. The van der Waals surface area contributed by atoms with Crippen molar-refractivity contribution in [3.8, 4) is 22.4 Å². The first kappa shape index (κ1) is 22.3. The average molecular weight is 474 g/mol. The van der Waals surface area contributed by atoms with E-state index < -0.39 is 11.7 Å². The number of hydrogen-bond donors (Lipinski definition) is 3. The summed E-state index contributed by atoms with van der Waals surface area (Å²) in [4.78, 5) is 22.8. The molecule has 1 amide bonds. The number of hydrogen-bond acceptors (Lipinski definition) is 7. The number of pyridine rings is 1. The molecule has 1 aliphatic rings.